The fourth-order valence-corrected chi connectivity index (χ4v) is 2.54. The molecule has 1 heterocycles. The molecule has 1 aromatic carbocycles. The summed E-state index contributed by atoms with van der Waals surface area (Å²) in [7, 11) is 0. The van der Waals surface area contributed by atoms with Crippen LogP contribution in [0.1, 0.15) is 19.3 Å². The maximum absolute atomic E-state index is 10.8. The van der Waals surface area contributed by atoms with Crippen LogP contribution in [0.4, 0.5) is 0 Å². The standard InChI is InChI=1S/C15H20ClNO2/c16-14-4-6-15(7-5-14)19-10-2-9-17-8-1-3-13(11-17)12-18/h4-7,12-13H,1-3,8-11H2. The lowest BCUT2D eigenvalue weighted by Crippen LogP contribution is -2.37. The molecule has 1 unspecified atom stereocenters. The highest BCUT2D eigenvalue weighted by Gasteiger charge is 2.18. The first-order valence-corrected chi connectivity index (χ1v) is 7.22. The second-order valence-electron chi connectivity index (χ2n) is 4.99. The lowest BCUT2D eigenvalue weighted by atomic mass is 10.00. The molecule has 1 atom stereocenters. The molecule has 4 heteroatoms. The van der Waals surface area contributed by atoms with Crippen LogP contribution in [-0.2, 0) is 4.79 Å². The molecule has 0 bridgehead atoms. The van der Waals surface area contributed by atoms with Gasteiger partial charge in [0.05, 0.1) is 6.61 Å². The van der Waals surface area contributed by atoms with Gasteiger partial charge in [0.15, 0.2) is 0 Å². The summed E-state index contributed by atoms with van der Waals surface area (Å²) in [6.45, 7) is 3.71. The Morgan fingerprint density at radius 1 is 1.37 bits per heavy atom. The SMILES string of the molecule is O=CC1CCCN(CCCOc2ccc(Cl)cc2)C1. The lowest BCUT2D eigenvalue weighted by molar-refractivity contribution is -0.112. The zero-order valence-electron chi connectivity index (χ0n) is 11.1. The van der Waals surface area contributed by atoms with Crippen LogP contribution in [0.3, 0.4) is 0 Å². The molecular weight excluding hydrogens is 262 g/mol. The molecule has 2 rings (SSSR count). The summed E-state index contributed by atoms with van der Waals surface area (Å²) in [4.78, 5) is 13.1. The van der Waals surface area contributed by atoms with Gasteiger partial charge in [-0.15, -0.1) is 0 Å². The van der Waals surface area contributed by atoms with Crippen LogP contribution in [0.15, 0.2) is 24.3 Å². The number of halogens is 1. The highest BCUT2D eigenvalue weighted by molar-refractivity contribution is 6.30. The molecule has 0 aromatic heterocycles. The number of carbonyl (C=O) groups excluding carboxylic acids is 1. The van der Waals surface area contributed by atoms with Gasteiger partial charge in [-0.1, -0.05) is 11.6 Å². The molecule has 0 N–H and O–H groups in total. The van der Waals surface area contributed by atoms with Crippen molar-refractivity contribution in [3.05, 3.63) is 29.3 Å². The average molecular weight is 282 g/mol. The van der Waals surface area contributed by atoms with E-state index in [2.05, 4.69) is 4.90 Å². The Balaban J connectivity index is 1.63. The topological polar surface area (TPSA) is 29.5 Å². The molecule has 1 fully saturated rings. The van der Waals surface area contributed by atoms with Crippen LogP contribution in [0.5, 0.6) is 5.75 Å². The fourth-order valence-electron chi connectivity index (χ4n) is 2.41. The number of nitrogens with zero attached hydrogens (tertiary/aromatic N) is 1. The lowest BCUT2D eigenvalue weighted by Gasteiger charge is -2.29. The summed E-state index contributed by atoms with van der Waals surface area (Å²) in [5.41, 5.74) is 0. The van der Waals surface area contributed by atoms with Crippen LogP contribution in [0.2, 0.25) is 5.02 Å². The number of benzene rings is 1. The molecule has 0 aliphatic carbocycles. The van der Waals surface area contributed by atoms with E-state index >= 15 is 0 Å². The normalized spacial score (nSPS) is 20.2. The second kappa shape index (κ2) is 7.51. The van der Waals surface area contributed by atoms with Crippen molar-refractivity contribution in [2.45, 2.75) is 19.3 Å². The Morgan fingerprint density at radius 3 is 2.89 bits per heavy atom. The van der Waals surface area contributed by atoms with E-state index in [1.54, 1.807) is 0 Å². The first kappa shape index (κ1) is 14.4. The average Bonchev–Trinajstić information content (AvgIpc) is 2.46. The Hall–Kier alpha value is -1.06. The van der Waals surface area contributed by atoms with Crippen molar-refractivity contribution < 1.29 is 9.53 Å². The van der Waals surface area contributed by atoms with Gasteiger partial charge in [-0.05, 0) is 50.1 Å². The molecule has 0 amide bonds. The number of piperidine rings is 1. The summed E-state index contributed by atoms with van der Waals surface area (Å²) < 4.78 is 5.65. The van der Waals surface area contributed by atoms with Gasteiger partial charge >= 0.3 is 0 Å². The zero-order valence-corrected chi connectivity index (χ0v) is 11.8. The Labute approximate surface area is 119 Å². The van der Waals surface area contributed by atoms with E-state index in [1.807, 2.05) is 24.3 Å². The van der Waals surface area contributed by atoms with E-state index < -0.39 is 0 Å². The van der Waals surface area contributed by atoms with Gasteiger partial charge in [-0.2, -0.15) is 0 Å². The third-order valence-electron chi connectivity index (χ3n) is 3.44. The smallest absolute Gasteiger partial charge is 0.124 e. The molecule has 0 radical (unpaired) electrons. The zero-order chi connectivity index (χ0) is 13.5. The maximum Gasteiger partial charge on any atom is 0.124 e. The molecule has 0 spiro atoms. The second-order valence-corrected chi connectivity index (χ2v) is 5.43. The predicted molar refractivity (Wildman–Crippen MR) is 76.8 cm³/mol. The molecule has 1 aromatic rings. The van der Waals surface area contributed by atoms with Gasteiger partial charge in [-0.3, -0.25) is 0 Å². The quantitative estimate of drug-likeness (QED) is 0.593. The van der Waals surface area contributed by atoms with Gasteiger partial charge in [0.2, 0.25) is 0 Å². The molecular formula is C15H20ClNO2. The van der Waals surface area contributed by atoms with E-state index in [0.717, 1.165) is 56.0 Å². The molecule has 1 saturated heterocycles. The van der Waals surface area contributed by atoms with Crippen molar-refractivity contribution in [1.82, 2.24) is 4.90 Å². The van der Waals surface area contributed by atoms with Crippen molar-refractivity contribution in [1.29, 1.82) is 0 Å². The number of carbonyl (C=O) groups is 1. The monoisotopic (exact) mass is 281 g/mol. The summed E-state index contributed by atoms with van der Waals surface area (Å²) in [6, 6.07) is 7.42. The minimum Gasteiger partial charge on any atom is -0.494 e. The Morgan fingerprint density at radius 2 is 2.16 bits per heavy atom. The largest absolute Gasteiger partial charge is 0.494 e. The summed E-state index contributed by atoms with van der Waals surface area (Å²) >= 11 is 5.81. The minimum atomic E-state index is 0.228. The minimum absolute atomic E-state index is 0.228. The predicted octanol–water partition coefficient (Wildman–Crippen LogP) is 3.02. The number of ether oxygens (including phenoxy) is 1. The molecule has 19 heavy (non-hydrogen) atoms. The van der Waals surface area contributed by atoms with Crippen LogP contribution < -0.4 is 4.74 Å². The molecule has 1 aliphatic heterocycles. The number of likely N-dealkylation sites (tertiary alicyclic amines) is 1. The molecule has 3 nitrogen and oxygen atoms in total. The van der Waals surface area contributed by atoms with Gasteiger partial charge < -0.3 is 14.4 Å². The molecule has 1 aliphatic rings. The highest BCUT2D eigenvalue weighted by atomic mass is 35.5. The fraction of sp³-hybridized carbons (Fsp3) is 0.533. The van der Waals surface area contributed by atoms with Gasteiger partial charge in [0.1, 0.15) is 12.0 Å². The van der Waals surface area contributed by atoms with Crippen LogP contribution in [0, 0.1) is 5.92 Å². The van der Waals surface area contributed by atoms with Gasteiger partial charge in [0, 0.05) is 24.0 Å². The van der Waals surface area contributed by atoms with Crippen LogP contribution in [0.25, 0.3) is 0 Å². The van der Waals surface area contributed by atoms with Crippen LogP contribution in [-0.4, -0.2) is 37.4 Å². The van der Waals surface area contributed by atoms with E-state index in [9.17, 15) is 4.79 Å². The van der Waals surface area contributed by atoms with Crippen molar-refractivity contribution in [3.63, 3.8) is 0 Å². The number of rotatable bonds is 6. The third kappa shape index (κ3) is 4.84. The van der Waals surface area contributed by atoms with E-state index in [4.69, 9.17) is 16.3 Å². The van der Waals surface area contributed by atoms with E-state index in [-0.39, 0.29) is 5.92 Å². The van der Waals surface area contributed by atoms with Crippen molar-refractivity contribution in [2.75, 3.05) is 26.2 Å². The first-order chi connectivity index (χ1) is 9.28. The first-order valence-electron chi connectivity index (χ1n) is 6.84. The van der Waals surface area contributed by atoms with Crippen molar-refractivity contribution in [2.24, 2.45) is 5.92 Å². The molecule has 0 saturated carbocycles. The third-order valence-corrected chi connectivity index (χ3v) is 3.69. The summed E-state index contributed by atoms with van der Waals surface area (Å²) in [6.07, 6.45) is 4.24. The number of hydrogen-bond acceptors (Lipinski definition) is 3. The van der Waals surface area contributed by atoms with Gasteiger partial charge in [0.25, 0.3) is 0 Å². The van der Waals surface area contributed by atoms with Crippen molar-refractivity contribution in [3.8, 4) is 5.75 Å². The Bertz CT molecular complexity index is 394. The maximum atomic E-state index is 10.8. The highest BCUT2D eigenvalue weighted by Crippen LogP contribution is 2.16. The van der Waals surface area contributed by atoms with Gasteiger partial charge in [-0.25, -0.2) is 0 Å². The summed E-state index contributed by atoms with van der Waals surface area (Å²) in [5.74, 6) is 1.08. The number of hydrogen-bond donors (Lipinski definition) is 0. The molecule has 104 valence electrons. The Kier molecular flexibility index (Phi) is 5.67. The van der Waals surface area contributed by atoms with Crippen LogP contribution >= 0.6 is 11.6 Å². The van der Waals surface area contributed by atoms with E-state index in [1.165, 1.54) is 0 Å². The van der Waals surface area contributed by atoms with E-state index in [0.29, 0.717) is 6.61 Å². The number of aldehydes is 1. The van der Waals surface area contributed by atoms with Crippen molar-refractivity contribution >= 4 is 17.9 Å². The summed E-state index contributed by atoms with van der Waals surface area (Å²) in [5, 5.41) is 0.723.